The second-order valence-corrected chi connectivity index (χ2v) is 2.67. The first kappa shape index (κ1) is 9.26. The Kier molecular flexibility index (Phi) is 2.33. The van der Waals surface area contributed by atoms with E-state index in [0.29, 0.717) is 0 Å². The summed E-state index contributed by atoms with van der Waals surface area (Å²) in [6.45, 7) is 1.35. The molecule has 1 fully saturated rings. The average molecular weight is 180 g/mol. The van der Waals surface area contributed by atoms with Gasteiger partial charge in [0.1, 0.15) is 12.6 Å². The molecule has 0 aromatic heterocycles. The van der Waals surface area contributed by atoms with Crippen molar-refractivity contribution >= 4 is 17.7 Å². The summed E-state index contributed by atoms with van der Waals surface area (Å²) in [5, 5.41) is 2.10. The normalized spacial score (nSPS) is 22.2. The Morgan fingerprint density at radius 1 is 1.69 bits per heavy atom. The minimum absolute atomic E-state index is 0.157. The van der Waals surface area contributed by atoms with Crippen molar-refractivity contribution in [2.24, 2.45) is 0 Å². The molecule has 1 saturated heterocycles. The number of terminal acetylenes is 1. The van der Waals surface area contributed by atoms with Gasteiger partial charge in [0, 0.05) is 0 Å². The smallest absolute Gasteiger partial charge is 0.299 e. The zero-order valence-electron chi connectivity index (χ0n) is 7.03. The number of piperazine rings is 1. The molecule has 1 atom stereocenters. The van der Waals surface area contributed by atoms with Crippen LogP contribution in [-0.2, 0) is 14.4 Å². The van der Waals surface area contributed by atoms with E-state index in [1.165, 1.54) is 6.92 Å². The van der Waals surface area contributed by atoms with E-state index in [0.717, 1.165) is 4.90 Å². The van der Waals surface area contributed by atoms with Crippen molar-refractivity contribution in [3.8, 4) is 12.3 Å². The molecule has 1 aliphatic heterocycles. The van der Waals surface area contributed by atoms with Crippen molar-refractivity contribution in [2.75, 3.05) is 6.54 Å². The third kappa shape index (κ3) is 1.67. The molecule has 1 rings (SSSR count). The van der Waals surface area contributed by atoms with Crippen LogP contribution in [0.3, 0.4) is 0 Å². The van der Waals surface area contributed by atoms with E-state index in [4.69, 9.17) is 6.42 Å². The molecule has 5 heteroatoms. The maximum Gasteiger partial charge on any atom is 0.299 e. The lowest BCUT2D eigenvalue weighted by atomic mass is 10.2. The molecule has 5 nitrogen and oxygen atoms in total. The molecular weight excluding hydrogens is 172 g/mol. The molecule has 1 unspecified atom stereocenters. The molecule has 1 aliphatic rings. The highest BCUT2D eigenvalue weighted by Crippen LogP contribution is 2.04. The Bertz CT molecular complexity index is 316. The van der Waals surface area contributed by atoms with E-state index >= 15 is 0 Å². The van der Waals surface area contributed by atoms with Gasteiger partial charge in [-0.1, -0.05) is 0 Å². The first-order valence-corrected chi connectivity index (χ1v) is 3.67. The quantitative estimate of drug-likeness (QED) is 0.364. The molecular formula is C8H8N2O3. The summed E-state index contributed by atoms with van der Waals surface area (Å²) in [4.78, 5) is 34.0. The van der Waals surface area contributed by atoms with Gasteiger partial charge in [0.05, 0.1) is 0 Å². The van der Waals surface area contributed by atoms with Gasteiger partial charge in [0.2, 0.25) is 11.8 Å². The molecule has 0 bridgehead atoms. The fourth-order valence-electron chi connectivity index (χ4n) is 1.05. The van der Waals surface area contributed by atoms with Gasteiger partial charge < -0.3 is 4.90 Å². The number of carbonyl (C=O) groups is 3. The van der Waals surface area contributed by atoms with Gasteiger partial charge in [0.25, 0.3) is 5.91 Å². The number of rotatable bonds is 0. The van der Waals surface area contributed by atoms with Gasteiger partial charge in [-0.15, -0.1) is 6.42 Å². The summed E-state index contributed by atoms with van der Waals surface area (Å²) in [6.07, 6.45) is 4.87. The van der Waals surface area contributed by atoms with E-state index in [-0.39, 0.29) is 6.54 Å². The summed E-state index contributed by atoms with van der Waals surface area (Å²) >= 11 is 0. The highest BCUT2D eigenvalue weighted by Gasteiger charge is 2.32. The van der Waals surface area contributed by atoms with Gasteiger partial charge in [-0.25, -0.2) is 0 Å². The van der Waals surface area contributed by atoms with Crippen LogP contribution in [0.4, 0.5) is 0 Å². The molecule has 68 valence electrons. The number of nitrogens with one attached hydrogen (secondary N) is 1. The van der Waals surface area contributed by atoms with E-state index in [2.05, 4.69) is 5.32 Å². The average Bonchev–Trinajstić information content (AvgIpc) is 2.10. The van der Waals surface area contributed by atoms with Crippen LogP contribution in [0, 0.1) is 12.3 Å². The minimum Gasteiger partial charge on any atom is -0.311 e. The molecule has 1 N–H and O–H groups in total. The lowest BCUT2D eigenvalue weighted by molar-refractivity contribution is -0.146. The first-order chi connectivity index (χ1) is 6.06. The fraction of sp³-hybridized carbons (Fsp3) is 0.375. The fourth-order valence-corrected chi connectivity index (χ4v) is 1.05. The largest absolute Gasteiger partial charge is 0.311 e. The lowest BCUT2D eigenvalue weighted by Gasteiger charge is -2.29. The molecule has 0 saturated carbocycles. The molecule has 0 aromatic rings. The van der Waals surface area contributed by atoms with E-state index in [1.807, 2.05) is 5.92 Å². The van der Waals surface area contributed by atoms with Crippen LogP contribution < -0.4 is 5.32 Å². The molecule has 0 radical (unpaired) electrons. The summed E-state index contributed by atoms with van der Waals surface area (Å²) in [5.41, 5.74) is 0. The van der Waals surface area contributed by atoms with Crippen LogP contribution >= 0.6 is 0 Å². The third-order valence-corrected chi connectivity index (χ3v) is 1.81. The van der Waals surface area contributed by atoms with Crippen molar-refractivity contribution in [3.63, 3.8) is 0 Å². The summed E-state index contributed by atoms with van der Waals surface area (Å²) in [5.74, 6) is 0.210. The van der Waals surface area contributed by atoms with Crippen molar-refractivity contribution in [1.82, 2.24) is 10.2 Å². The predicted molar refractivity (Wildman–Crippen MR) is 43.2 cm³/mol. The number of nitrogens with zero attached hydrogens (tertiary/aromatic N) is 1. The standard InChI is InChI=1S/C8H8N2O3/c1-3-7(12)10-4-6(11)9-8(13)5(10)2/h1,5H,4H2,2H3,(H,9,11,13). The van der Waals surface area contributed by atoms with Gasteiger partial charge in [-0.2, -0.15) is 0 Å². The predicted octanol–water partition coefficient (Wildman–Crippen LogP) is -1.51. The van der Waals surface area contributed by atoms with Gasteiger partial charge in [-0.05, 0) is 12.8 Å². The maximum absolute atomic E-state index is 11.0. The number of hydrogen-bond acceptors (Lipinski definition) is 3. The Morgan fingerprint density at radius 2 is 2.31 bits per heavy atom. The SMILES string of the molecule is C#CC(=O)N1CC(=O)NC(=O)C1C. The third-order valence-electron chi connectivity index (χ3n) is 1.81. The molecule has 0 spiro atoms. The number of imide groups is 1. The Hall–Kier alpha value is -1.83. The summed E-state index contributed by atoms with van der Waals surface area (Å²) in [7, 11) is 0. The van der Waals surface area contributed by atoms with Crippen LogP contribution in [0.15, 0.2) is 0 Å². The first-order valence-electron chi connectivity index (χ1n) is 3.67. The molecule has 0 aromatic carbocycles. The van der Waals surface area contributed by atoms with Gasteiger partial charge in [0.15, 0.2) is 0 Å². The van der Waals surface area contributed by atoms with Crippen molar-refractivity contribution in [1.29, 1.82) is 0 Å². The van der Waals surface area contributed by atoms with Gasteiger partial charge >= 0.3 is 0 Å². The summed E-state index contributed by atoms with van der Waals surface area (Å²) < 4.78 is 0. The zero-order chi connectivity index (χ0) is 10.0. The second kappa shape index (κ2) is 3.27. The Balaban J connectivity index is 2.85. The van der Waals surface area contributed by atoms with E-state index in [1.54, 1.807) is 0 Å². The topological polar surface area (TPSA) is 66.5 Å². The Morgan fingerprint density at radius 3 is 2.85 bits per heavy atom. The minimum atomic E-state index is -0.679. The highest BCUT2D eigenvalue weighted by molar-refractivity contribution is 6.06. The van der Waals surface area contributed by atoms with E-state index < -0.39 is 23.8 Å². The maximum atomic E-state index is 11.0. The van der Waals surface area contributed by atoms with E-state index in [9.17, 15) is 14.4 Å². The molecule has 1 heterocycles. The molecule has 13 heavy (non-hydrogen) atoms. The number of hydrogen-bond donors (Lipinski definition) is 1. The number of amides is 3. The van der Waals surface area contributed by atoms with Crippen molar-refractivity contribution in [3.05, 3.63) is 0 Å². The van der Waals surface area contributed by atoms with Crippen LogP contribution in [0.1, 0.15) is 6.92 Å². The van der Waals surface area contributed by atoms with Crippen LogP contribution in [-0.4, -0.2) is 35.2 Å². The van der Waals surface area contributed by atoms with Crippen LogP contribution in [0.2, 0.25) is 0 Å². The second-order valence-electron chi connectivity index (χ2n) is 2.67. The van der Waals surface area contributed by atoms with Crippen molar-refractivity contribution < 1.29 is 14.4 Å². The van der Waals surface area contributed by atoms with Crippen LogP contribution in [0.25, 0.3) is 0 Å². The zero-order valence-corrected chi connectivity index (χ0v) is 7.03. The van der Waals surface area contributed by atoms with Crippen molar-refractivity contribution in [2.45, 2.75) is 13.0 Å². The van der Waals surface area contributed by atoms with Crippen LogP contribution in [0.5, 0.6) is 0 Å². The monoisotopic (exact) mass is 180 g/mol. The highest BCUT2D eigenvalue weighted by atomic mass is 16.2. The Labute approximate surface area is 75.1 Å². The summed E-state index contributed by atoms with van der Waals surface area (Å²) in [6, 6.07) is -0.679. The molecule has 0 aliphatic carbocycles. The lowest BCUT2D eigenvalue weighted by Crippen LogP contribution is -2.58. The number of carbonyl (C=O) groups excluding carboxylic acids is 3. The molecule has 3 amide bonds. The van der Waals surface area contributed by atoms with Gasteiger partial charge in [-0.3, -0.25) is 19.7 Å².